The molecular weight excluding hydrogens is 230 g/mol. The molecule has 5 heteroatoms. The SMILES string of the molecule is O=C(O)c1cc2cccc(-c3cncnc3)c2[nH]1. The molecule has 0 atom stereocenters. The minimum absolute atomic E-state index is 0.175. The number of H-pyrrole nitrogens is 1. The zero-order valence-corrected chi connectivity index (χ0v) is 9.29. The average molecular weight is 239 g/mol. The lowest BCUT2D eigenvalue weighted by molar-refractivity contribution is 0.0691. The summed E-state index contributed by atoms with van der Waals surface area (Å²) >= 11 is 0. The molecule has 0 aliphatic carbocycles. The van der Waals surface area contributed by atoms with Crippen molar-refractivity contribution in [3.63, 3.8) is 0 Å². The van der Waals surface area contributed by atoms with Crippen LogP contribution in [0.2, 0.25) is 0 Å². The monoisotopic (exact) mass is 239 g/mol. The summed E-state index contributed by atoms with van der Waals surface area (Å²) in [7, 11) is 0. The highest BCUT2D eigenvalue weighted by Crippen LogP contribution is 2.27. The van der Waals surface area contributed by atoms with E-state index in [0.717, 1.165) is 22.0 Å². The van der Waals surface area contributed by atoms with Crippen molar-refractivity contribution in [2.24, 2.45) is 0 Å². The Morgan fingerprint density at radius 2 is 2.00 bits per heavy atom. The van der Waals surface area contributed by atoms with Crippen molar-refractivity contribution >= 4 is 16.9 Å². The van der Waals surface area contributed by atoms with Gasteiger partial charge in [-0.15, -0.1) is 0 Å². The summed E-state index contributed by atoms with van der Waals surface area (Å²) in [5.74, 6) is -0.971. The van der Waals surface area contributed by atoms with Crippen molar-refractivity contribution in [2.75, 3.05) is 0 Å². The van der Waals surface area contributed by atoms with E-state index in [1.54, 1.807) is 18.5 Å². The molecule has 2 aromatic heterocycles. The molecule has 0 fully saturated rings. The topological polar surface area (TPSA) is 78.9 Å². The Hall–Kier alpha value is -2.69. The Kier molecular flexibility index (Phi) is 2.30. The van der Waals surface area contributed by atoms with Gasteiger partial charge in [0.15, 0.2) is 0 Å². The molecule has 5 nitrogen and oxygen atoms in total. The summed E-state index contributed by atoms with van der Waals surface area (Å²) in [6, 6.07) is 7.27. The van der Waals surface area contributed by atoms with Crippen LogP contribution in [-0.2, 0) is 0 Å². The first kappa shape index (κ1) is 10.5. The van der Waals surface area contributed by atoms with E-state index in [4.69, 9.17) is 5.11 Å². The second-order valence-corrected chi connectivity index (χ2v) is 3.89. The summed E-state index contributed by atoms with van der Waals surface area (Å²) < 4.78 is 0. The smallest absolute Gasteiger partial charge is 0.352 e. The number of nitrogens with zero attached hydrogens (tertiary/aromatic N) is 2. The van der Waals surface area contributed by atoms with E-state index in [-0.39, 0.29) is 5.69 Å². The maximum atomic E-state index is 11.0. The molecule has 0 saturated carbocycles. The predicted molar refractivity (Wildman–Crippen MR) is 66.3 cm³/mol. The Morgan fingerprint density at radius 3 is 2.72 bits per heavy atom. The number of aromatic carboxylic acids is 1. The van der Waals surface area contributed by atoms with E-state index in [0.29, 0.717) is 0 Å². The number of fused-ring (bicyclic) bond motifs is 1. The molecule has 0 radical (unpaired) electrons. The van der Waals surface area contributed by atoms with Crippen LogP contribution in [0.15, 0.2) is 43.0 Å². The van der Waals surface area contributed by atoms with Gasteiger partial charge in [-0.25, -0.2) is 14.8 Å². The molecule has 0 bridgehead atoms. The largest absolute Gasteiger partial charge is 0.477 e. The van der Waals surface area contributed by atoms with E-state index in [1.165, 1.54) is 6.33 Å². The fourth-order valence-electron chi connectivity index (χ4n) is 1.95. The van der Waals surface area contributed by atoms with Gasteiger partial charge in [0.25, 0.3) is 0 Å². The predicted octanol–water partition coefficient (Wildman–Crippen LogP) is 2.32. The molecule has 0 saturated heterocycles. The summed E-state index contributed by atoms with van der Waals surface area (Å²) in [6.45, 7) is 0. The van der Waals surface area contributed by atoms with Crippen LogP contribution in [0.5, 0.6) is 0 Å². The molecule has 1 aromatic carbocycles. The molecule has 2 N–H and O–H groups in total. The van der Waals surface area contributed by atoms with Crippen LogP contribution < -0.4 is 0 Å². The fraction of sp³-hybridized carbons (Fsp3) is 0. The van der Waals surface area contributed by atoms with Crippen molar-refractivity contribution in [3.8, 4) is 11.1 Å². The number of nitrogens with one attached hydrogen (secondary N) is 1. The van der Waals surface area contributed by atoms with Gasteiger partial charge in [-0.05, 0) is 6.07 Å². The van der Waals surface area contributed by atoms with Crippen LogP contribution in [0.25, 0.3) is 22.0 Å². The van der Waals surface area contributed by atoms with E-state index in [9.17, 15) is 4.79 Å². The molecule has 3 aromatic rings. The number of hydrogen-bond acceptors (Lipinski definition) is 3. The Morgan fingerprint density at radius 1 is 1.22 bits per heavy atom. The first-order valence-corrected chi connectivity index (χ1v) is 5.36. The number of carboxylic acids is 1. The normalized spacial score (nSPS) is 10.7. The van der Waals surface area contributed by atoms with Gasteiger partial charge in [0.05, 0.1) is 5.52 Å². The molecule has 0 amide bonds. The number of carbonyl (C=O) groups is 1. The Bertz CT molecular complexity index is 719. The molecule has 3 rings (SSSR count). The second kappa shape index (κ2) is 3.96. The Balaban J connectivity index is 2.27. The minimum atomic E-state index is -0.971. The third-order valence-corrected chi connectivity index (χ3v) is 2.76. The van der Waals surface area contributed by atoms with E-state index < -0.39 is 5.97 Å². The lowest BCUT2D eigenvalue weighted by Gasteiger charge is -2.01. The van der Waals surface area contributed by atoms with Gasteiger partial charge in [-0.2, -0.15) is 0 Å². The van der Waals surface area contributed by atoms with Gasteiger partial charge in [0, 0.05) is 28.9 Å². The number of benzene rings is 1. The maximum Gasteiger partial charge on any atom is 0.352 e. The van der Waals surface area contributed by atoms with Crippen LogP contribution in [0.3, 0.4) is 0 Å². The van der Waals surface area contributed by atoms with Gasteiger partial charge >= 0.3 is 5.97 Å². The van der Waals surface area contributed by atoms with Gasteiger partial charge < -0.3 is 10.1 Å². The van der Waals surface area contributed by atoms with Crippen LogP contribution in [0.1, 0.15) is 10.5 Å². The highest BCUT2D eigenvalue weighted by Gasteiger charge is 2.11. The van der Waals surface area contributed by atoms with Gasteiger partial charge in [-0.1, -0.05) is 18.2 Å². The third kappa shape index (κ3) is 1.62. The number of para-hydroxylation sites is 1. The van der Waals surface area contributed by atoms with Crippen LogP contribution in [-0.4, -0.2) is 26.0 Å². The lowest BCUT2D eigenvalue weighted by atomic mass is 10.1. The Labute approximate surface area is 102 Å². The number of aromatic nitrogens is 3. The van der Waals surface area contributed by atoms with Crippen LogP contribution in [0, 0.1) is 0 Å². The summed E-state index contributed by atoms with van der Waals surface area (Å²) in [6.07, 6.45) is 4.85. The molecule has 18 heavy (non-hydrogen) atoms. The quantitative estimate of drug-likeness (QED) is 0.719. The number of aromatic amines is 1. The minimum Gasteiger partial charge on any atom is -0.477 e. The molecule has 0 spiro atoms. The van der Waals surface area contributed by atoms with E-state index in [2.05, 4.69) is 15.0 Å². The molecular formula is C13H9N3O2. The van der Waals surface area contributed by atoms with Crippen molar-refractivity contribution in [1.82, 2.24) is 15.0 Å². The molecule has 0 unspecified atom stereocenters. The number of hydrogen-bond donors (Lipinski definition) is 2. The van der Waals surface area contributed by atoms with Gasteiger partial charge in [0.2, 0.25) is 0 Å². The molecule has 0 aliphatic rings. The van der Waals surface area contributed by atoms with Crippen LogP contribution >= 0.6 is 0 Å². The van der Waals surface area contributed by atoms with Gasteiger partial charge in [0.1, 0.15) is 12.0 Å². The zero-order valence-electron chi connectivity index (χ0n) is 9.29. The first-order chi connectivity index (χ1) is 8.75. The summed E-state index contributed by atoms with van der Waals surface area (Å²) in [5, 5.41) is 9.85. The van der Waals surface area contributed by atoms with Crippen molar-refractivity contribution in [1.29, 1.82) is 0 Å². The lowest BCUT2D eigenvalue weighted by Crippen LogP contribution is -1.95. The standard InChI is InChI=1S/C13H9N3O2/c17-13(18)11-4-8-2-1-3-10(12(8)16-11)9-5-14-7-15-6-9/h1-7,16H,(H,17,18). The summed E-state index contributed by atoms with van der Waals surface area (Å²) in [5.41, 5.74) is 2.70. The summed E-state index contributed by atoms with van der Waals surface area (Å²) in [4.78, 5) is 21.8. The maximum absolute atomic E-state index is 11.0. The fourth-order valence-corrected chi connectivity index (χ4v) is 1.95. The van der Waals surface area contributed by atoms with Crippen LogP contribution in [0.4, 0.5) is 0 Å². The third-order valence-electron chi connectivity index (χ3n) is 2.76. The van der Waals surface area contributed by atoms with E-state index in [1.807, 2.05) is 18.2 Å². The highest BCUT2D eigenvalue weighted by molar-refractivity contribution is 5.99. The number of carboxylic acid groups (broad SMARTS) is 1. The second-order valence-electron chi connectivity index (χ2n) is 3.89. The van der Waals surface area contributed by atoms with Crippen molar-refractivity contribution in [2.45, 2.75) is 0 Å². The van der Waals surface area contributed by atoms with E-state index >= 15 is 0 Å². The molecule has 0 aliphatic heterocycles. The number of rotatable bonds is 2. The zero-order chi connectivity index (χ0) is 12.5. The van der Waals surface area contributed by atoms with Gasteiger partial charge in [-0.3, -0.25) is 0 Å². The average Bonchev–Trinajstić information content (AvgIpc) is 2.83. The first-order valence-electron chi connectivity index (χ1n) is 5.36. The molecule has 2 heterocycles. The highest BCUT2D eigenvalue weighted by atomic mass is 16.4. The molecule has 88 valence electrons. The van der Waals surface area contributed by atoms with Crippen molar-refractivity contribution < 1.29 is 9.90 Å². The van der Waals surface area contributed by atoms with Crippen molar-refractivity contribution in [3.05, 3.63) is 48.7 Å².